The molecule has 1 aromatic heterocycles. The van der Waals surface area contributed by atoms with Gasteiger partial charge in [-0.15, -0.1) is 0 Å². The second-order valence-electron chi connectivity index (χ2n) is 5.48. The van der Waals surface area contributed by atoms with Gasteiger partial charge in [-0.25, -0.2) is 4.98 Å². The second kappa shape index (κ2) is 8.74. The zero-order valence-electron chi connectivity index (χ0n) is 12.4. The van der Waals surface area contributed by atoms with E-state index in [-0.39, 0.29) is 18.6 Å². The molecule has 1 amide bonds. The van der Waals surface area contributed by atoms with Crippen LogP contribution in [0.4, 0.5) is 0 Å². The number of hydrogen-bond donors (Lipinski definition) is 2. The van der Waals surface area contributed by atoms with E-state index < -0.39 is 0 Å². The van der Waals surface area contributed by atoms with Crippen LogP contribution in [0.3, 0.4) is 0 Å². The summed E-state index contributed by atoms with van der Waals surface area (Å²) in [5.41, 5.74) is 0. The predicted molar refractivity (Wildman–Crippen MR) is 78.6 cm³/mol. The van der Waals surface area contributed by atoms with E-state index in [2.05, 4.69) is 20.3 Å². The summed E-state index contributed by atoms with van der Waals surface area (Å²) in [7, 11) is 0. The Bertz CT molecular complexity index is 410. The van der Waals surface area contributed by atoms with E-state index >= 15 is 0 Å². The maximum atomic E-state index is 11.7. The maximum Gasteiger partial charge on any atom is 0.220 e. The fourth-order valence-corrected chi connectivity index (χ4v) is 2.74. The zero-order valence-corrected chi connectivity index (χ0v) is 12.4. The summed E-state index contributed by atoms with van der Waals surface area (Å²) < 4.78 is 1.73. The quantitative estimate of drug-likeness (QED) is 0.706. The van der Waals surface area contributed by atoms with Gasteiger partial charge in [-0.3, -0.25) is 14.4 Å². The summed E-state index contributed by atoms with van der Waals surface area (Å²) in [6.07, 6.45) is 7.85. The molecule has 1 saturated heterocycles. The number of nitrogens with zero attached hydrogens (tertiary/aromatic N) is 4. The highest BCUT2D eigenvalue weighted by molar-refractivity contribution is 5.75. The zero-order chi connectivity index (χ0) is 14.9. The predicted octanol–water partition coefficient (Wildman–Crippen LogP) is 0.0213. The van der Waals surface area contributed by atoms with Crippen molar-refractivity contribution in [3.05, 3.63) is 12.7 Å². The van der Waals surface area contributed by atoms with E-state index in [1.807, 2.05) is 0 Å². The van der Waals surface area contributed by atoms with Crippen molar-refractivity contribution < 1.29 is 9.90 Å². The highest BCUT2D eigenvalue weighted by atomic mass is 16.3. The molecule has 1 aliphatic rings. The first-order valence-electron chi connectivity index (χ1n) is 7.73. The average molecular weight is 295 g/mol. The van der Waals surface area contributed by atoms with Crippen molar-refractivity contribution in [3.8, 4) is 0 Å². The van der Waals surface area contributed by atoms with Crippen molar-refractivity contribution in [2.75, 3.05) is 26.2 Å². The van der Waals surface area contributed by atoms with Gasteiger partial charge in [-0.05, 0) is 25.8 Å². The third-order valence-electron chi connectivity index (χ3n) is 3.94. The van der Waals surface area contributed by atoms with Crippen molar-refractivity contribution in [2.24, 2.45) is 0 Å². The minimum atomic E-state index is 0.0765. The smallest absolute Gasteiger partial charge is 0.220 e. The van der Waals surface area contributed by atoms with E-state index in [0.29, 0.717) is 19.5 Å². The van der Waals surface area contributed by atoms with Crippen LogP contribution in [0.15, 0.2) is 12.7 Å². The van der Waals surface area contributed by atoms with Crippen LogP contribution in [0.1, 0.15) is 32.1 Å². The van der Waals surface area contributed by atoms with Crippen LogP contribution in [0.2, 0.25) is 0 Å². The molecule has 2 heterocycles. The van der Waals surface area contributed by atoms with E-state index in [4.69, 9.17) is 0 Å². The van der Waals surface area contributed by atoms with Crippen molar-refractivity contribution in [1.29, 1.82) is 0 Å². The number of carbonyl (C=O) groups is 1. The highest BCUT2D eigenvalue weighted by Crippen LogP contribution is 2.15. The molecule has 1 atom stereocenters. The van der Waals surface area contributed by atoms with Crippen molar-refractivity contribution in [2.45, 2.75) is 44.7 Å². The minimum absolute atomic E-state index is 0.0765. The van der Waals surface area contributed by atoms with E-state index in [9.17, 15) is 9.90 Å². The number of hydrogen-bond acceptors (Lipinski definition) is 5. The van der Waals surface area contributed by atoms with Crippen LogP contribution in [0.5, 0.6) is 0 Å². The van der Waals surface area contributed by atoms with Gasteiger partial charge >= 0.3 is 0 Å². The third-order valence-corrected chi connectivity index (χ3v) is 3.94. The van der Waals surface area contributed by atoms with E-state index in [1.54, 1.807) is 11.0 Å². The Balaban J connectivity index is 1.56. The van der Waals surface area contributed by atoms with Crippen molar-refractivity contribution in [3.63, 3.8) is 0 Å². The summed E-state index contributed by atoms with van der Waals surface area (Å²) in [6.45, 7) is 3.42. The van der Waals surface area contributed by atoms with Gasteiger partial charge in [-0.1, -0.05) is 6.42 Å². The molecule has 0 radical (unpaired) electrons. The highest BCUT2D eigenvalue weighted by Gasteiger charge is 2.20. The summed E-state index contributed by atoms with van der Waals surface area (Å²) in [4.78, 5) is 17.9. The van der Waals surface area contributed by atoms with Gasteiger partial charge < -0.3 is 10.4 Å². The van der Waals surface area contributed by atoms with Gasteiger partial charge in [0.1, 0.15) is 12.7 Å². The first-order valence-corrected chi connectivity index (χ1v) is 7.73. The second-order valence-corrected chi connectivity index (χ2v) is 5.48. The van der Waals surface area contributed by atoms with Gasteiger partial charge in [0.2, 0.25) is 5.91 Å². The number of nitrogens with one attached hydrogen (secondary N) is 1. The molecule has 1 aromatic rings. The summed E-state index contributed by atoms with van der Waals surface area (Å²) >= 11 is 0. The molecule has 21 heavy (non-hydrogen) atoms. The van der Waals surface area contributed by atoms with Crippen LogP contribution < -0.4 is 5.32 Å². The van der Waals surface area contributed by atoms with Gasteiger partial charge in [0.05, 0.1) is 6.61 Å². The first kappa shape index (κ1) is 15.9. The molecule has 1 fully saturated rings. The molecular formula is C14H25N5O2. The molecule has 2 N–H and O–H groups in total. The molecule has 0 bridgehead atoms. The van der Waals surface area contributed by atoms with Crippen LogP contribution in [0, 0.1) is 0 Å². The Kier molecular flexibility index (Phi) is 6.62. The van der Waals surface area contributed by atoms with Crippen LogP contribution in [0.25, 0.3) is 0 Å². The molecule has 7 nitrogen and oxygen atoms in total. The van der Waals surface area contributed by atoms with Crippen molar-refractivity contribution in [1.82, 2.24) is 25.0 Å². The van der Waals surface area contributed by atoms with E-state index in [0.717, 1.165) is 25.9 Å². The SMILES string of the molecule is O=C(CCCn1cncn1)NCCN1CCCCC1CO. The third kappa shape index (κ3) is 5.43. The fraction of sp³-hybridized carbons (Fsp3) is 0.786. The van der Waals surface area contributed by atoms with Crippen molar-refractivity contribution >= 4 is 5.91 Å². The molecule has 0 aromatic carbocycles. The number of amides is 1. The summed E-state index contributed by atoms with van der Waals surface area (Å²) in [6, 6.07) is 0.267. The molecule has 118 valence electrons. The van der Waals surface area contributed by atoms with Gasteiger partial charge in [0.25, 0.3) is 0 Å². The number of piperidine rings is 1. The normalized spacial score (nSPS) is 19.6. The lowest BCUT2D eigenvalue weighted by molar-refractivity contribution is -0.121. The largest absolute Gasteiger partial charge is 0.395 e. The molecule has 0 spiro atoms. The lowest BCUT2D eigenvalue weighted by Crippen LogP contribution is -2.45. The number of aliphatic hydroxyl groups is 1. The molecule has 1 aliphatic heterocycles. The lowest BCUT2D eigenvalue weighted by Gasteiger charge is -2.34. The number of likely N-dealkylation sites (tertiary alicyclic amines) is 1. The average Bonchev–Trinajstić information content (AvgIpc) is 3.01. The Morgan fingerprint density at radius 1 is 1.38 bits per heavy atom. The topological polar surface area (TPSA) is 83.3 Å². The lowest BCUT2D eigenvalue weighted by atomic mass is 10.0. The van der Waals surface area contributed by atoms with Gasteiger partial charge in [0, 0.05) is 32.1 Å². The Labute approximate surface area is 125 Å². The molecule has 0 aliphatic carbocycles. The van der Waals surface area contributed by atoms with Crippen LogP contribution >= 0.6 is 0 Å². The minimum Gasteiger partial charge on any atom is -0.395 e. The molecule has 7 heteroatoms. The summed E-state index contributed by atoms with van der Waals surface area (Å²) in [5, 5.41) is 16.3. The standard InChI is InChI=1S/C14H25N5O2/c20-10-13-4-1-2-7-18(13)9-6-16-14(21)5-3-8-19-12-15-11-17-19/h11-13,20H,1-10H2,(H,16,21). The number of rotatable bonds is 8. The number of aromatic nitrogens is 3. The molecule has 1 unspecified atom stereocenters. The Morgan fingerprint density at radius 2 is 2.29 bits per heavy atom. The van der Waals surface area contributed by atoms with Crippen LogP contribution in [-0.2, 0) is 11.3 Å². The molecular weight excluding hydrogens is 270 g/mol. The fourth-order valence-electron chi connectivity index (χ4n) is 2.74. The Morgan fingerprint density at radius 3 is 3.05 bits per heavy atom. The maximum absolute atomic E-state index is 11.7. The molecule has 0 saturated carbocycles. The number of carbonyl (C=O) groups excluding carboxylic acids is 1. The van der Waals surface area contributed by atoms with Gasteiger partial charge in [-0.2, -0.15) is 5.10 Å². The monoisotopic (exact) mass is 295 g/mol. The number of aryl methyl sites for hydroxylation is 1. The molecule has 2 rings (SSSR count). The number of aliphatic hydroxyl groups excluding tert-OH is 1. The first-order chi connectivity index (χ1) is 10.3. The Hall–Kier alpha value is -1.47. The van der Waals surface area contributed by atoms with Gasteiger partial charge in [0.15, 0.2) is 0 Å². The van der Waals surface area contributed by atoms with E-state index in [1.165, 1.54) is 19.2 Å². The summed E-state index contributed by atoms with van der Waals surface area (Å²) in [5.74, 6) is 0.0765. The van der Waals surface area contributed by atoms with Crippen LogP contribution in [-0.4, -0.2) is 63.0 Å².